The van der Waals surface area contributed by atoms with Gasteiger partial charge in [0.1, 0.15) is 5.82 Å². The van der Waals surface area contributed by atoms with Crippen molar-refractivity contribution in [3.8, 4) is 0 Å². The Hall–Kier alpha value is -2.54. The number of benzene rings is 1. The molecule has 2 aromatic rings. The van der Waals surface area contributed by atoms with Crippen molar-refractivity contribution in [2.45, 2.75) is 0 Å². The minimum absolute atomic E-state index is 0.288. The van der Waals surface area contributed by atoms with Gasteiger partial charge in [-0.05, 0) is 18.2 Å². The lowest BCUT2D eigenvalue weighted by Crippen LogP contribution is -2.14. The van der Waals surface area contributed by atoms with Gasteiger partial charge in [0.2, 0.25) is 5.95 Å². The molecule has 1 amide bonds. The summed E-state index contributed by atoms with van der Waals surface area (Å²) in [6, 6.07) is 5.66. The lowest BCUT2D eigenvalue weighted by Gasteiger charge is -2.06. The summed E-state index contributed by atoms with van der Waals surface area (Å²) >= 11 is 0. The summed E-state index contributed by atoms with van der Waals surface area (Å²) in [6.45, 7) is 1.11. The van der Waals surface area contributed by atoms with Gasteiger partial charge in [0.05, 0.1) is 12.2 Å². The maximum Gasteiger partial charge on any atom is 0.258 e. The van der Waals surface area contributed by atoms with Gasteiger partial charge in [0, 0.05) is 31.7 Å². The molecular formula is C14H15FN4O2. The van der Waals surface area contributed by atoms with Crippen LogP contribution in [0.5, 0.6) is 0 Å². The van der Waals surface area contributed by atoms with Gasteiger partial charge in [0.25, 0.3) is 5.91 Å². The van der Waals surface area contributed by atoms with E-state index in [-0.39, 0.29) is 5.56 Å². The molecule has 0 radical (unpaired) electrons. The molecule has 0 unspecified atom stereocenters. The van der Waals surface area contributed by atoms with Crippen molar-refractivity contribution in [2.24, 2.45) is 0 Å². The molecular weight excluding hydrogens is 275 g/mol. The zero-order chi connectivity index (χ0) is 15.1. The van der Waals surface area contributed by atoms with E-state index in [2.05, 4.69) is 20.6 Å². The van der Waals surface area contributed by atoms with Crippen molar-refractivity contribution >= 4 is 17.5 Å². The second kappa shape index (κ2) is 7.30. The number of hydrogen-bond acceptors (Lipinski definition) is 5. The molecule has 0 fully saturated rings. The van der Waals surface area contributed by atoms with E-state index in [1.54, 1.807) is 13.2 Å². The fourth-order valence-corrected chi connectivity index (χ4v) is 1.57. The summed E-state index contributed by atoms with van der Waals surface area (Å²) in [6.07, 6.45) is 2.80. The number of amides is 1. The molecule has 1 aromatic carbocycles. The van der Waals surface area contributed by atoms with Gasteiger partial charge >= 0.3 is 0 Å². The monoisotopic (exact) mass is 290 g/mol. The third-order valence-corrected chi connectivity index (χ3v) is 2.59. The minimum atomic E-state index is -0.415. The molecule has 0 aliphatic heterocycles. The van der Waals surface area contributed by atoms with E-state index in [0.717, 1.165) is 0 Å². The zero-order valence-corrected chi connectivity index (χ0v) is 11.5. The van der Waals surface area contributed by atoms with Crippen LogP contribution in [0.25, 0.3) is 0 Å². The highest BCUT2D eigenvalue weighted by atomic mass is 19.1. The fourth-order valence-electron chi connectivity index (χ4n) is 1.57. The minimum Gasteiger partial charge on any atom is -0.383 e. The average molecular weight is 290 g/mol. The number of ether oxygens (including phenoxy) is 1. The Morgan fingerprint density at radius 3 is 2.76 bits per heavy atom. The Kier molecular flexibility index (Phi) is 5.16. The average Bonchev–Trinajstić information content (AvgIpc) is 2.48. The number of nitrogens with one attached hydrogen (secondary N) is 2. The van der Waals surface area contributed by atoms with Crippen LogP contribution in [0.4, 0.5) is 16.0 Å². The van der Waals surface area contributed by atoms with Crippen molar-refractivity contribution in [3.05, 3.63) is 48.0 Å². The molecule has 7 heteroatoms. The zero-order valence-electron chi connectivity index (χ0n) is 11.5. The molecule has 1 aromatic heterocycles. The Morgan fingerprint density at radius 2 is 2.10 bits per heavy atom. The first-order valence-corrected chi connectivity index (χ1v) is 6.31. The summed E-state index contributed by atoms with van der Waals surface area (Å²) in [5.74, 6) is -0.403. The van der Waals surface area contributed by atoms with Crippen LogP contribution in [-0.2, 0) is 4.74 Å². The molecule has 6 nitrogen and oxygen atoms in total. The van der Waals surface area contributed by atoms with Gasteiger partial charge in [-0.2, -0.15) is 0 Å². The SMILES string of the molecule is COCCNc1ncc(C(=O)Nc2cccc(F)c2)cn1. The number of carbonyl (C=O) groups is 1. The molecule has 21 heavy (non-hydrogen) atoms. The van der Waals surface area contributed by atoms with Crippen molar-refractivity contribution in [3.63, 3.8) is 0 Å². The molecule has 2 N–H and O–H groups in total. The third kappa shape index (κ3) is 4.50. The standard InChI is InChI=1S/C14H15FN4O2/c1-21-6-5-16-14-17-8-10(9-18-14)13(20)19-12-4-2-3-11(15)7-12/h2-4,7-9H,5-6H2,1H3,(H,19,20)(H,16,17,18). The van der Waals surface area contributed by atoms with Gasteiger partial charge in [-0.3, -0.25) is 4.79 Å². The number of aromatic nitrogens is 2. The van der Waals surface area contributed by atoms with E-state index >= 15 is 0 Å². The highest BCUT2D eigenvalue weighted by Gasteiger charge is 2.08. The second-order valence-electron chi connectivity index (χ2n) is 4.18. The van der Waals surface area contributed by atoms with Crippen LogP contribution in [0, 0.1) is 5.82 Å². The predicted molar refractivity (Wildman–Crippen MR) is 76.8 cm³/mol. The van der Waals surface area contributed by atoms with Crippen LogP contribution in [0.2, 0.25) is 0 Å². The largest absolute Gasteiger partial charge is 0.383 e. The molecule has 0 bridgehead atoms. The van der Waals surface area contributed by atoms with Crippen molar-refractivity contribution in [1.82, 2.24) is 9.97 Å². The first-order valence-electron chi connectivity index (χ1n) is 6.31. The number of carbonyl (C=O) groups excluding carboxylic acids is 1. The van der Waals surface area contributed by atoms with Crippen LogP contribution in [0.1, 0.15) is 10.4 Å². The van der Waals surface area contributed by atoms with Gasteiger partial charge in [-0.1, -0.05) is 6.07 Å². The first-order chi connectivity index (χ1) is 10.2. The first kappa shape index (κ1) is 14.9. The number of hydrogen-bond donors (Lipinski definition) is 2. The molecule has 2 rings (SSSR count). The number of rotatable bonds is 6. The summed E-state index contributed by atoms with van der Waals surface area (Å²) in [7, 11) is 1.60. The second-order valence-corrected chi connectivity index (χ2v) is 4.18. The van der Waals surface area contributed by atoms with E-state index in [4.69, 9.17) is 4.74 Å². The topological polar surface area (TPSA) is 76.1 Å². The Balaban J connectivity index is 1.96. The van der Waals surface area contributed by atoms with Gasteiger partial charge in [-0.25, -0.2) is 14.4 Å². The highest BCUT2D eigenvalue weighted by Crippen LogP contribution is 2.11. The van der Waals surface area contributed by atoms with Crippen molar-refractivity contribution in [2.75, 3.05) is 30.9 Å². The molecule has 0 aliphatic carbocycles. The van der Waals surface area contributed by atoms with E-state index < -0.39 is 11.7 Å². The number of halogens is 1. The molecule has 0 aliphatic rings. The normalized spacial score (nSPS) is 10.2. The smallest absolute Gasteiger partial charge is 0.258 e. The number of anilines is 2. The van der Waals surface area contributed by atoms with Crippen LogP contribution < -0.4 is 10.6 Å². The van der Waals surface area contributed by atoms with Gasteiger partial charge < -0.3 is 15.4 Å². The third-order valence-electron chi connectivity index (χ3n) is 2.59. The van der Waals surface area contributed by atoms with E-state index in [1.807, 2.05) is 0 Å². The molecule has 0 atom stereocenters. The lowest BCUT2D eigenvalue weighted by atomic mass is 10.2. The van der Waals surface area contributed by atoms with E-state index in [9.17, 15) is 9.18 Å². The maximum absolute atomic E-state index is 13.0. The summed E-state index contributed by atoms with van der Waals surface area (Å²) in [5.41, 5.74) is 0.666. The highest BCUT2D eigenvalue weighted by molar-refractivity contribution is 6.03. The van der Waals surface area contributed by atoms with Gasteiger partial charge in [-0.15, -0.1) is 0 Å². The predicted octanol–water partition coefficient (Wildman–Crippen LogP) is 1.93. The summed E-state index contributed by atoms with van der Waals surface area (Å²) in [5, 5.41) is 5.51. The number of methoxy groups -OCH3 is 1. The van der Waals surface area contributed by atoms with Gasteiger partial charge in [0.15, 0.2) is 0 Å². The molecule has 0 spiro atoms. The van der Waals surface area contributed by atoms with E-state index in [0.29, 0.717) is 24.8 Å². The van der Waals surface area contributed by atoms with Crippen LogP contribution >= 0.6 is 0 Å². The quantitative estimate of drug-likeness (QED) is 0.795. The Labute approximate surface area is 121 Å². The maximum atomic E-state index is 13.0. The van der Waals surface area contributed by atoms with E-state index in [1.165, 1.54) is 30.6 Å². The molecule has 1 heterocycles. The fraction of sp³-hybridized carbons (Fsp3) is 0.214. The van der Waals surface area contributed by atoms with Crippen molar-refractivity contribution < 1.29 is 13.9 Å². The number of nitrogens with zero attached hydrogens (tertiary/aromatic N) is 2. The Morgan fingerprint density at radius 1 is 1.33 bits per heavy atom. The summed E-state index contributed by atoms with van der Waals surface area (Å²) < 4.78 is 17.9. The molecule has 110 valence electrons. The molecule has 0 saturated carbocycles. The lowest BCUT2D eigenvalue weighted by molar-refractivity contribution is 0.102. The van der Waals surface area contributed by atoms with Crippen molar-refractivity contribution in [1.29, 1.82) is 0 Å². The summed E-state index contributed by atoms with van der Waals surface area (Å²) in [4.78, 5) is 20.0. The van der Waals surface area contributed by atoms with Crippen LogP contribution in [0.3, 0.4) is 0 Å². The Bertz CT molecular complexity index is 604. The van der Waals surface area contributed by atoms with Crippen LogP contribution in [0.15, 0.2) is 36.7 Å². The van der Waals surface area contributed by atoms with Crippen LogP contribution in [-0.4, -0.2) is 36.1 Å². The molecule has 0 saturated heterocycles.